The van der Waals surface area contributed by atoms with Gasteiger partial charge in [-0.3, -0.25) is 4.90 Å². The summed E-state index contributed by atoms with van der Waals surface area (Å²) in [6.45, 7) is 6.82. The first-order chi connectivity index (χ1) is 9.19. The van der Waals surface area contributed by atoms with Crippen LogP contribution in [0.1, 0.15) is 12.5 Å². The van der Waals surface area contributed by atoms with Gasteiger partial charge in [-0.05, 0) is 24.9 Å². The second-order valence-corrected chi connectivity index (χ2v) is 5.88. The van der Waals surface area contributed by atoms with Gasteiger partial charge < -0.3 is 10.0 Å². The number of nitrogens with zero attached hydrogens (tertiary/aromatic N) is 2. The van der Waals surface area contributed by atoms with Crippen molar-refractivity contribution in [1.29, 1.82) is 0 Å². The lowest BCUT2D eigenvalue weighted by molar-refractivity contribution is 0.131. The number of hydrogen-bond acceptors (Lipinski definition) is 3. The molecule has 2 rings (SSSR count). The number of aliphatic hydroxyl groups is 1. The van der Waals surface area contributed by atoms with E-state index in [4.69, 9.17) is 0 Å². The monoisotopic (exact) mass is 262 g/mol. The molecule has 2 unspecified atom stereocenters. The molecule has 1 aliphatic heterocycles. The van der Waals surface area contributed by atoms with Crippen molar-refractivity contribution in [3.8, 4) is 0 Å². The summed E-state index contributed by atoms with van der Waals surface area (Å²) in [6, 6.07) is 10.9. The summed E-state index contributed by atoms with van der Waals surface area (Å²) in [5.41, 5.74) is 1.40. The minimum atomic E-state index is 0.255. The van der Waals surface area contributed by atoms with Crippen molar-refractivity contribution in [1.82, 2.24) is 9.80 Å². The highest BCUT2D eigenvalue weighted by atomic mass is 16.3. The maximum atomic E-state index is 9.51. The van der Waals surface area contributed by atoms with Crippen LogP contribution in [0.3, 0.4) is 0 Å². The van der Waals surface area contributed by atoms with Crippen LogP contribution < -0.4 is 0 Å². The molecule has 0 spiro atoms. The normalized spacial score (nSPS) is 26.3. The third kappa shape index (κ3) is 4.30. The molecule has 2 atom stereocenters. The molecule has 19 heavy (non-hydrogen) atoms. The van der Waals surface area contributed by atoms with Crippen LogP contribution in [0.4, 0.5) is 0 Å². The molecule has 1 aromatic rings. The summed E-state index contributed by atoms with van der Waals surface area (Å²) in [4.78, 5) is 4.80. The average Bonchev–Trinajstić information content (AvgIpc) is 2.55. The Balaban J connectivity index is 1.91. The van der Waals surface area contributed by atoms with Gasteiger partial charge in [0.15, 0.2) is 0 Å². The van der Waals surface area contributed by atoms with E-state index >= 15 is 0 Å². The van der Waals surface area contributed by atoms with Crippen LogP contribution in [0, 0.1) is 5.92 Å². The van der Waals surface area contributed by atoms with E-state index in [1.54, 1.807) is 0 Å². The van der Waals surface area contributed by atoms with Gasteiger partial charge in [-0.2, -0.15) is 0 Å². The fourth-order valence-corrected chi connectivity index (χ4v) is 2.96. The maximum absolute atomic E-state index is 9.51. The van der Waals surface area contributed by atoms with Crippen molar-refractivity contribution in [2.24, 2.45) is 5.92 Å². The molecule has 0 radical (unpaired) electrons. The summed E-state index contributed by atoms with van der Waals surface area (Å²) in [5.74, 6) is 0.664. The van der Waals surface area contributed by atoms with Gasteiger partial charge in [0.05, 0.1) is 6.61 Å². The molecule has 0 aromatic heterocycles. The van der Waals surface area contributed by atoms with Crippen molar-refractivity contribution in [2.75, 3.05) is 39.8 Å². The van der Waals surface area contributed by atoms with Gasteiger partial charge in [0.25, 0.3) is 0 Å². The molecule has 0 bridgehead atoms. The van der Waals surface area contributed by atoms with Gasteiger partial charge in [-0.15, -0.1) is 0 Å². The van der Waals surface area contributed by atoms with Gasteiger partial charge in [0.1, 0.15) is 0 Å². The minimum Gasteiger partial charge on any atom is -0.395 e. The summed E-state index contributed by atoms with van der Waals surface area (Å²) >= 11 is 0. The van der Waals surface area contributed by atoms with E-state index < -0.39 is 0 Å². The Morgan fingerprint density at radius 3 is 2.58 bits per heavy atom. The number of rotatable bonds is 4. The first-order valence-corrected chi connectivity index (χ1v) is 7.26. The largest absolute Gasteiger partial charge is 0.395 e. The van der Waals surface area contributed by atoms with Crippen molar-refractivity contribution in [3.05, 3.63) is 35.9 Å². The third-order valence-electron chi connectivity index (χ3n) is 4.03. The molecule has 1 heterocycles. The van der Waals surface area contributed by atoms with Crippen LogP contribution in [0.2, 0.25) is 0 Å². The van der Waals surface area contributed by atoms with E-state index in [1.165, 1.54) is 5.56 Å². The Bertz CT molecular complexity index is 368. The predicted molar refractivity (Wildman–Crippen MR) is 79.3 cm³/mol. The predicted octanol–water partition coefficient (Wildman–Crippen LogP) is 1.47. The van der Waals surface area contributed by atoms with E-state index in [-0.39, 0.29) is 12.6 Å². The van der Waals surface area contributed by atoms with E-state index in [9.17, 15) is 5.11 Å². The fourth-order valence-electron chi connectivity index (χ4n) is 2.96. The smallest absolute Gasteiger partial charge is 0.0599 e. The van der Waals surface area contributed by atoms with Crippen LogP contribution in [0.25, 0.3) is 0 Å². The Labute approximate surface area is 116 Å². The summed E-state index contributed by atoms with van der Waals surface area (Å²) in [6.07, 6.45) is 1.09. The zero-order valence-corrected chi connectivity index (χ0v) is 12.1. The second kappa shape index (κ2) is 7.04. The van der Waals surface area contributed by atoms with Crippen molar-refractivity contribution in [3.63, 3.8) is 0 Å². The van der Waals surface area contributed by atoms with E-state index in [0.717, 1.165) is 32.6 Å². The van der Waals surface area contributed by atoms with Gasteiger partial charge in [-0.1, -0.05) is 37.3 Å². The highest BCUT2D eigenvalue weighted by molar-refractivity contribution is 5.14. The summed E-state index contributed by atoms with van der Waals surface area (Å²) in [7, 11) is 2.12. The average molecular weight is 262 g/mol. The Morgan fingerprint density at radius 1 is 1.16 bits per heavy atom. The van der Waals surface area contributed by atoms with Crippen molar-refractivity contribution in [2.45, 2.75) is 19.4 Å². The van der Waals surface area contributed by atoms with Crippen LogP contribution >= 0.6 is 0 Å². The zero-order valence-electron chi connectivity index (χ0n) is 12.1. The van der Waals surface area contributed by atoms with Gasteiger partial charge in [0, 0.05) is 32.2 Å². The van der Waals surface area contributed by atoms with E-state index in [1.807, 2.05) is 0 Å². The molecule has 106 valence electrons. The van der Waals surface area contributed by atoms with Gasteiger partial charge >= 0.3 is 0 Å². The van der Waals surface area contributed by atoms with Gasteiger partial charge in [-0.25, -0.2) is 0 Å². The fraction of sp³-hybridized carbons (Fsp3) is 0.625. The van der Waals surface area contributed by atoms with Crippen molar-refractivity contribution < 1.29 is 5.11 Å². The number of benzene rings is 1. The van der Waals surface area contributed by atoms with E-state index in [2.05, 4.69) is 54.1 Å². The van der Waals surface area contributed by atoms with Gasteiger partial charge in [0.2, 0.25) is 0 Å². The lowest BCUT2D eigenvalue weighted by atomic mass is 10.1. The second-order valence-electron chi connectivity index (χ2n) is 5.88. The minimum absolute atomic E-state index is 0.255. The van der Waals surface area contributed by atoms with Crippen LogP contribution in [-0.2, 0) is 6.42 Å². The molecule has 1 aliphatic rings. The zero-order chi connectivity index (χ0) is 13.7. The molecule has 0 aliphatic carbocycles. The molecule has 3 heteroatoms. The lowest BCUT2D eigenvalue weighted by Gasteiger charge is -2.27. The van der Waals surface area contributed by atoms with Crippen LogP contribution in [-0.4, -0.2) is 60.8 Å². The number of hydrogen-bond donors (Lipinski definition) is 1. The topological polar surface area (TPSA) is 26.7 Å². The summed E-state index contributed by atoms with van der Waals surface area (Å²) in [5, 5.41) is 9.51. The Kier molecular flexibility index (Phi) is 5.37. The van der Waals surface area contributed by atoms with Crippen LogP contribution in [0.15, 0.2) is 30.3 Å². The molecule has 0 amide bonds. The summed E-state index contributed by atoms with van der Waals surface area (Å²) < 4.78 is 0. The quantitative estimate of drug-likeness (QED) is 0.890. The maximum Gasteiger partial charge on any atom is 0.0599 e. The molecular weight excluding hydrogens is 236 g/mol. The molecular formula is C16H26N2O. The lowest BCUT2D eigenvalue weighted by Crippen LogP contribution is -2.41. The van der Waals surface area contributed by atoms with Crippen LogP contribution in [0.5, 0.6) is 0 Å². The Morgan fingerprint density at radius 2 is 1.89 bits per heavy atom. The van der Waals surface area contributed by atoms with Crippen molar-refractivity contribution >= 4 is 0 Å². The molecule has 1 aromatic carbocycles. The number of likely N-dealkylation sites (N-methyl/N-ethyl adjacent to an activating group) is 1. The van der Waals surface area contributed by atoms with E-state index in [0.29, 0.717) is 5.92 Å². The molecule has 0 saturated carbocycles. The molecule has 1 saturated heterocycles. The first kappa shape index (κ1) is 14.5. The Hall–Kier alpha value is -0.900. The SMILES string of the molecule is CC1CN(CCc2ccccc2)CC(CO)N(C)C1. The molecule has 3 nitrogen and oxygen atoms in total. The standard InChI is InChI=1S/C16H26N2O/c1-14-10-17(2)16(13-19)12-18(11-14)9-8-15-6-4-3-5-7-15/h3-7,14,16,19H,8-13H2,1-2H3. The number of aliphatic hydroxyl groups excluding tert-OH is 1. The highest BCUT2D eigenvalue weighted by Gasteiger charge is 2.24. The third-order valence-corrected chi connectivity index (χ3v) is 4.03. The highest BCUT2D eigenvalue weighted by Crippen LogP contribution is 2.13. The molecule has 1 fully saturated rings. The first-order valence-electron chi connectivity index (χ1n) is 7.26. The molecule has 1 N–H and O–H groups in total.